The number of aromatic nitrogens is 3. The summed E-state index contributed by atoms with van der Waals surface area (Å²) in [4.78, 5) is 17.3. The maximum atomic E-state index is 12.4. The Morgan fingerprint density at radius 3 is 2.68 bits per heavy atom. The normalized spacial score (nSPS) is 12.5. The second kappa shape index (κ2) is 8.22. The van der Waals surface area contributed by atoms with Gasteiger partial charge in [0, 0.05) is 29.6 Å². The molecule has 0 bridgehead atoms. The lowest BCUT2D eigenvalue weighted by Gasteiger charge is -2.21. The predicted molar refractivity (Wildman–Crippen MR) is 107 cm³/mol. The van der Waals surface area contributed by atoms with Gasteiger partial charge in [-0.1, -0.05) is 0 Å². The molecule has 2 amide bonds. The Kier molecular flexibility index (Phi) is 5.34. The number of thioether (sulfide) groups is 1. The molecule has 2 aromatic heterocycles. The Morgan fingerprint density at radius 2 is 1.93 bits per heavy atom. The summed E-state index contributed by atoms with van der Waals surface area (Å²) in [5.41, 5.74) is 2.35. The third-order valence-corrected chi connectivity index (χ3v) is 4.88. The van der Waals surface area contributed by atoms with Crippen molar-refractivity contribution in [1.82, 2.24) is 14.8 Å². The summed E-state index contributed by atoms with van der Waals surface area (Å²) in [6.45, 7) is 1.62. The second-order valence-electron chi connectivity index (χ2n) is 6.06. The molecule has 9 heteroatoms. The summed E-state index contributed by atoms with van der Waals surface area (Å²) in [5, 5.41) is 9.94. The topological polar surface area (TPSA) is 90.3 Å². The average molecular weight is 397 g/mol. The van der Waals surface area contributed by atoms with Gasteiger partial charge in [-0.15, -0.1) is 11.8 Å². The van der Waals surface area contributed by atoms with Crippen LogP contribution in [0.25, 0.3) is 0 Å². The molecule has 0 unspecified atom stereocenters. The molecule has 0 aliphatic carbocycles. The molecular formula is C19H19N5O3S. The highest BCUT2D eigenvalue weighted by Crippen LogP contribution is 2.39. The van der Waals surface area contributed by atoms with Crippen LogP contribution in [0, 0.1) is 0 Å². The van der Waals surface area contributed by atoms with Gasteiger partial charge < -0.3 is 20.1 Å². The van der Waals surface area contributed by atoms with E-state index in [1.807, 2.05) is 24.5 Å². The minimum atomic E-state index is -0.351. The Bertz CT molecular complexity index is 977. The molecule has 2 N–H and O–H groups in total. The highest BCUT2D eigenvalue weighted by Gasteiger charge is 2.17. The molecule has 8 nitrogen and oxygen atoms in total. The zero-order valence-electron chi connectivity index (χ0n) is 15.2. The lowest BCUT2D eigenvalue weighted by Crippen LogP contribution is -2.20. The van der Waals surface area contributed by atoms with E-state index in [1.165, 1.54) is 11.8 Å². The third-order valence-electron chi connectivity index (χ3n) is 4.10. The molecule has 0 fully saturated rings. The fourth-order valence-electron chi connectivity index (χ4n) is 2.81. The van der Waals surface area contributed by atoms with E-state index in [0.29, 0.717) is 42.6 Å². The number of urea groups is 1. The summed E-state index contributed by atoms with van der Waals surface area (Å²) in [5.74, 6) is 1.32. The van der Waals surface area contributed by atoms with Crippen LogP contribution in [0.3, 0.4) is 0 Å². The fourth-order valence-corrected chi connectivity index (χ4v) is 3.37. The van der Waals surface area contributed by atoms with E-state index in [-0.39, 0.29) is 6.03 Å². The Balaban J connectivity index is 1.42. The van der Waals surface area contributed by atoms with Crippen molar-refractivity contribution >= 4 is 29.2 Å². The van der Waals surface area contributed by atoms with Crippen molar-refractivity contribution in [2.24, 2.45) is 0 Å². The number of amides is 2. The number of carbonyl (C=O) groups excluding carboxylic acids is 1. The fraction of sp³-hybridized carbons (Fsp3) is 0.211. The Morgan fingerprint density at radius 1 is 1.18 bits per heavy atom. The molecule has 1 aromatic carbocycles. The summed E-state index contributed by atoms with van der Waals surface area (Å²) >= 11 is 1.52. The van der Waals surface area contributed by atoms with Crippen LogP contribution in [0.5, 0.6) is 11.5 Å². The van der Waals surface area contributed by atoms with Crippen LogP contribution in [-0.2, 0) is 6.54 Å². The summed E-state index contributed by atoms with van der Waals surface area (Å²) in [6, 6.07) is 7.16. The molecule has 0 atom stereocenters. The predicted octanol–water partition coefficient (Wildman–Crippen LogP) is 3.46. The van der Waals surface area contributed by atoms with Crippen molar-refractivity contribution < 1.29 is 14.3 Å². The van der Waals surface area contributed by atoms with Gasteiger partial charge in [0.2, 0.25) is 0 Å². The van der Waals surface area contributed by atoms with Crippen LogP contribution in [0.15, 0.2) is 53.9 Å². The van der Waals surface area contributed by atoms with E-state index in [9.17, 15) is 4.79 Å². The second-order valence-corrected chi connectivity index (χ2v) is 6.91. The monoisotopic (exact) mass is 397 g/mol. The lowest BCUT2D eigenvalue weighted by atomic mass is 10.2. The summed E-state index contributed by atoms with van der Waals surface area (Å²) in [6.07, 6.45) is 8.81. The van der Waals surface area contributed by atoms with E-state index < -0.39 is 0 Å². The van der Waals surface area contributed by atoms with Gasteiger partial charge in [0.1, 0.15) is 13.2 Å². The molecular weight excluding hydrogens is 378 g/mol. The SMILES string of the molecule is CSc1cc2c(cc1NC(=O)Nc1cnn(Cc3ccncc3)c1)OCCO2. The number of rotatable bonds is 5. The van der Waals surface area contributed by atoms with Gasteiger partial charge in [-0.25, -0.2) is 4.79 Å². The zero-order valence-corrected chi connectivity index (χ0v) is 16.0. The maximum absolute atomic E-state index is 12.4. The largest absolute Gasteiger partial charge is 0.486 e. The number of ether oxygens (including phenoxy) is 2. The number of pyridine rings is 1. The van der Waals surface area contributed by atoms with Crippen molar-refractivity contribution in [2.75, 3.05) is 30.1 Å². The highest BCUT2D eigenvalue weighted by molar-refractivity contribution is 7.98. The first-order valence-corrected chi connectivity index (χ1v) is 9.91. The molecule has 4 rings (SSSR count). The van der Waals surface area contributed by atoms with Crippen LogP contribution in [0.2, 0.25) is 0 Å². The molecule has 3 heterocycles. The van der Waals surface area contributed by atoms with Crippen LogP contribution in [0.4, 0.5) is 16.2 Å². The number of nitrogens with one attached hydrogen (secondary N) is 2. The Hall–Kier alpha value is -3.20. The lowest BCUT2D eigenvalue weighted by molar-refractivity contribution is 0.171. The molecule has 3 aromatic rings. The van der Waals surface area contributed by atoms with Crippen LogP contribution >= 0.6 is 11.8 Å². The van der Waals surface area contributed by atoms with Crippen molar-refractivity contribution in [3.05, 3.63) is 54.6 Å². The quantitative estimate of drug-likeness (QED) is 0.641. The van der Waals surface area contributed by atoms with Crippen molar-refractivity contribution in [3.63, 3.8) is 0 Å². The van der Waals surface area contributed by atoms with Crippen LogP contribution in [-0.4, -0.2) is 40.3 Å². The molecule has 0 radical (unpaired) electrons. The third kappa shape index (κ3) is 4.20. The maximum Gasteiger partial charge on any atom is 0.323 e. The number of fused-ring (bicyclic) bond motifs is 1. The molecule has 144 valence electrons. The van der Waals surface area contributed by atoms with E-state index in [1.54, 1.807) is 35.5 Å². The molecule has 1 aliphatic heterocycles. The molecule has 28 heavy (non-hydrogen) atoms. The molecule has 0 saturated heterocycles. The number of hydrogen-bond donors (Lipinski definition) is 2. The van der Waals surface area contributed by atoms with Gasteiger partial charge in [-0.05, 0) is 30.0 Å². The van der Waals surface area contributed by atoms with Gasteiger partial charge in [-0.3, -0.25) is 9.67 Å². The average Bonchev–Trinajstić information content (AvgIpc) is 3.14. The minimum Gasteiger partial charge on any atom is -0.486 e. The number of nitrogens with zero attached hydrogens (tertiary/aromatic N) is 3. The molecule has 0 spiro atoms. The standard InChI is InChI=1S/C19H19N5O3S/c1-28-18-9-17-16(26-6-7-27-17)8-15(18)23-19(25)22-14-10-21-24(12-14)11-13-2-4-20-5-3-13/h2-5,8-10,12H,6-7,11H2,1H3,(H2,22,23,25). The van der Waals surface area contributed by atoms with E-state index in [4.69, 9.17) is 9.47 Å². The van der Waals surface area contributed by atoms with E-state index in [0.717, 1.165) is 10.5 Å². The first-order valence-electron chi connectivity index (χ1n) is 8.68. The zero-order chi connectivity index (χ0) is 19.3. The van der Waals surface area contributed by atoms with E-state index >= 15 is 0 Å². The van der Waals surface area contributed by atoms with Crippen molar-refractivity contribution in [1.29, 1.82) is 0 Å². The molecule has 0 saturated carbocycles. The smallest absolute Gasteiger partial charge is 0.323 e. The highest BCUT2D eigenvalue weighted by atomic mass is 32.2. The minimum absolute atomic E-state index is 0.351. The number of hydrogen-bond acceptors (Lipinski definition) is 6. The first kappa shape index (κ1) is 18.2. The van der Waals surface area contributed by atoms with Crippen molar-refractivity contribution in [2.45, 2.75) is 11.4 Å². The Labute approximate surface area is 166 Å². The van der Waals surface area contributed by atoms with Crippen molar-refractivity contribution in [3.8, 4) is 11.5 Å². The van der Waals surface area contributed by atoms with Gasteiger partial charge >= 0.3 is 6.03 Å². The number of anilines is 2. The van der Waals surface area contributed by atoms with Gasteiger partial charge in [0.25, 0.3) is 0 Å². The van der Waals surface area contributed by atoms with Gasteiger partial charge in [-0.2, -0.15) is 5.10 Å². The van der Waals surface area contributed by atoms with E-state index in [2.05, 4.69) is 20.7 Å². The van der Waals surface area contributed by atoms with Crippen LogP contribution in [0.1, 0.15) is 5.56 Å². The summed E-state index contributed by atoms with van der Waals surface area (Å²) in [7, 11) is 0. The van der Waals surface area contributed by atoms with Gasteiger partial charge in [0.15, 0.2) is 11.5 Å². The number of carbonyl (C=O) groups is 1. The molecule has 1 aliphatic rings. The first-order chi connectivity index (χ1) is 13.7. The van der Waals surface area contributed by atoms with Crippen LogP contribution < -0.4 is 20.1 Å². The summed E-state index contributed by atoms with van der Waals surface area (Å²) < 4.78 is 12.9. The van der Waals surface area contributed by atoms with Gasteiger partial charge in [0.05, 0.1) is 24.1 Å². The number of benzene rings is 1.